The molecule has 0 saturated carbocycles. The molecule has 0 rings (SSSR count). The summed E-state index contributed by atoms with van der Waals surface area (Å²) in [5.74, 6) is -2.80. The molecule has 0 unspecified atom stereocenters. The van der Waals surface area contributed by atoms with Crippen LogP contribution >= 0.6 is 0 Å². The third-order valence-electron chi connectivity index (χ3n) is 1.62. The average Bonchev–Trinajstić information content (AvgIpc) is 1.84. The van der Waals surface area contributed by atoms with Crippen LogP contribution < -0.4 is 5.73 Å². The SMILES string of the molecule is C[C@H](N)[C@H](CCC(=O)O)C(=O)O. The molecule has 0 spiro atoms. The summed E-state index contributed by atoms with van der Waals surface area (Å²) in [6.45, 7) is 1.56. The van der Waals surface area contributed by atoms with Gasteiger partial charge in [0, 0.05) is 12.5 Å². The maximum atomic E-state index is 10.5. The minimum atomic E-state index is -1.04. The van der Waals surface area contributed by atoms with Gasteiger partial charge >= 0.3 is 11.9 Å². The van der Waals surface area contributed by atoms with Crippen molar-refractivity contribution >= 4 is 11.9 Å². The topological polar surface area (TPSA) is 101 Å². The molecule has 4 N–H and O–H groups in total. The highest BCUT2D eigenvalue weighted by atomic mass is 16.4. The molecule has 0 aliphatic carbocycles. The molecule has 0 aromatic carbocycles. The molecule has 2 atom stereocenters. The molecule has 0 radical (unpaired) electrons. The zero-order chi connectivity index (χ0) is 9.72. The van der Waals surface area contributed by atoms with Crippen LogP contribution in [0.3, 0.4) is 0 Å². The van der Waals surface area contributed by atoms with Crippen LogP contribution in [0.5, 0.6) is 0 Å². The minimum Gasteiger partial charge on any atom is -0.481 e. The summed E-state index contributed by atoms with van der Waals surface area (Å²) in [6, 6.07) is -0.512. The highest BCUT2D eigenvalue weighted by Gasteiger charge is 2.22. The molecule has 0 fully saturated rings. The van der Waals surface area contributed by atoms with Gasteiger partial charge in [0.05, 0.1) is 5.92 Å². The van der Waals surface area contributed by atoms with Crippen LogP contribution in [0.4, 0.5) is 0 Å². The summed E-state index contributed by atoms with van der Waals surface area (Å²) < 4.78 is 0. The summed E-state index contributed by atoms with van der Waals surface area (Å²) in [5.41, 5.74) is 5.35. The second kappa shape index (κ2) is 4.71. The Morgan fingerprint density at radius 1 is 1.42 bits per heavy atom. The van der Waals surface area contributed by atoms with Crippen molar-refractivity contribution in [3.8, 4) is 0 Å². The molecule has 70 valence electrons. The molecule has 0 aliphatic heterocycles. The van der Waals surface area contributed by atoms with Crippen molar-refractivity contribution in [2.75, 3.05) is 0 Å². The first-order chi connectivity index (χ1) is 5.45. The second-order valence-corrected chi connectivity index (χ2v) is 2.74. The summed E-state index contributed by atoms with van der Waals surface area (Å²) in [4.78, 5) is 20.6. The van der Waals surface area contributed by atoms with Gasteiger partial charge in [-0.1, -0.05) is 0 Å². The smallest absolute Gasteiger partial charge is 0.308 e. The summed E-state index contributed by atoms with van der Waals surface area (Å²) in [6.07, 6.45) is -0.0686. The maximum Gasteiger partial charge on any atom is 0.308 e. The van der Waals surface area contributed by atoms with Gasteiger partial charge < -0.3 is 15.9 Å². The predicted octanol–water partition coefficient (Wildman–Crippen LogP) is -0.101. The normalized spacial score (nSPS) is 15.2. The Morgan fingerprint density at radius 3 is 2.17 bits per heavy atom. The lowest BCUT2D eigenvalue weighted by atomic mass is 9.97. The predicted molar refractivity (Wildman–Crippen MR) is 41.6 cm³/mol. The number of nitrogens with two attached hydrogens (primary N) is 1. The zero-order valence-electron chi connectivity index (χ0n) is 6.86. The first-order valence-electron chi connectivity index (χ1n) is 3.65. The third kappa shape index (κ3) is 3.92. The Balaban J connectivity index is 3.97. The molecular weight excluding hydrogens is 162 g/mol. The number of hydrogen-bond donors (Lipinski definition) is 3. The van der Waals surface area contributed by atoms with Crippen LogP contribution in [0.15, 0.2) is 0 Å². The third-order valence-corrected chi connectivity index (χ3v) is 1.62. The van der Waals surface area contributed by atoms with Gasteiger partial charge in [-0.25, -0.2) is 0 Å². The molecule has 0 aliphatic rings. The Bertz CT molecular complexity index is 178. The van der Waals surface area contributed by atoms with E-state index in [9.17, 15) is 9.59 Å². The first kappa shape index (κ1) is 10.9. The van der Waals surface area contributed by atoms with E-state index >= 15 is 0 Å². The van der Waals surface area contributed by atoms with E-state index in [1.165, 1.54) is 0 Å². The fraction of sp³-hybridized carbons (Fsp3) is 0.714. The van der Waals surface area contributed by atoms with Gasteiger partial charge in [-0.2, -0.15) is 0 Å². The van der Waals surface area contributed by atoms with E-state index in [-0.39, 0.29) is 12.8 Å². The lowest BCUT2D eigenvalue weighted by Gasteiger charge is -2.14. The minimum absolute atomic E-state index is 0.0856. The molecule has 0 bridgehead atoms. The standard InChI is InChI=1S/C7H13NO4/c1-4(8)5(7(11)12)2-3-6(9)10/h4-5H,2-3,8H2,1H3,(H,9,10)(H,11,12)/t4-,5-/m0/s1. The van der Waals surface area contributed by atoms with E-state index in [2.05, 4.69) is 0 Å². The first-order valence-corrected chi connectivity index (χ1v) is 3.65. The van der Waals surface area contributed by atoms with Crippen LogP contribution in [-0.4, -0.2) is 28.2 Å². The number of carbonyl (C=O) groups is 2. The van der Waals surface area contributed by atoms with E-state index in [1.807, 2.05) is 0 Å². The Hall–Kier alpha value is -1.10. The van der Waals surface area contributed by atoms with Crippen LogP contribution in [0.2, 0.25) is 0 Å². The highest BCUT2D eigenvalue weighted by Crippen LogP contribution is 2.10. The number of aliphatic carboxylic acids is 2. The Kier molecular flexibility index (Phi) is 4.28. The van der Waals surface area contributed by atoms with Crippen molar-refractivity contribution in [1.82, 2.24) is 0 Å². The van der Waals surface area contributed by atoms with E-state index in [0.29, 0.717) is 0 Å². The van der Waals surface area contributed by atoms with E-state index < -0.39 is 23.9 Å². The van der Waals surface area contributed by atoms with Gasteiger partial charge in [-0.15, -0.1) is 0 Å². The molecule has 0 saturated heterocycles. The van der Waals surface area contributed by atoms with Gasteiger partial charge in [0.1, 0.15) is 0 Å². The van der Waals surface area contributed by atoms with Crippen LogP contribution in [0, 0.1) is 5.92 Å². The number of carboxylic acids is 2. The van der Waals surface area contributed by atoms with Crippen molar-refractivity contribution in [2.45, 2.75) is 25.8 Å². The summed E-state index contributed by atoms with van der Waals surface area (Å²) >= 11 is 0. The lowest BCUT2D eigenvalue weighted by Crippen LogP contribution is -2.33. The molecule has 0 aromatic rings. The van der Waals surface area contributed by atoms with E-state index in [1.54, 1.807) is 6.92 Å². The quantitative estimate of drug-likeness (QED) is 0.541. The summed E-state index contributed by atoms with van der Waals surface area (Å²) in [7, 11) is 0. The van der Waals surface area contributed by atoms with Crippen LogP contribution in [0.25, 0.3) is 0 Å². The van der Waals surface area contributed by atoms with Gasteiger partial charge in [-0.05, 0) is 13.3 Å². The van der Waals surface area contributed by atoms with E-state index in [4.69, 9.17) is 15.9 Å². The Morgan fingerprint density at radius 2 is 1.92 bits per heavy atom. The lowest BCUT2D eigenvalue weighted by molar-refractivity contribution is -0.143. The number of carboxylic acid groups (broad SMARTS) is 2. The van der Waals surface area contributed by atoms with E-state index in [0.717, 1.165) is 0 Å². The number of hydrogen-bond acceptors (Lipinski definition) is 3. The largest absolute Gasteiger partial charge is 0.481 e. The fourth-order valence-corrected chi connectivity index (χ4v) is 0.890. The van der Waals surface area contributed by atoms with Crippen LogP contribution in [0.1, 0.15) is 19.8 Å². The van der Waals surface area contributed by atoms with Gasteiger partial charge in [0.2, 0.25) is 0 Å². The summed E-state index contributed by atoms with van der Waals surface area (Å²) in [5, 5.41) is 16.9. The molecule has 12 heavy (non-hydrogen) atoms. The van der Waals surface area contributed by atoms with Crippen molar-refractivity contribution in [3.05, 3.63) is 0 Å². The fourth-order valence-electron chi connectivity index (χ4n) is 0.890. The molecular formula is C7H13NO4. The molecule has 5 heteroatoms. The van der Waals surface area contributed by atoms with Gasteiger partial charge in [0.25, 0.3) is 0 Å². The van der Waals surface area contributed by atoms with Crippen molar-refractivity contribution in [1.29, 1.82) is 0 Å². The molecule has 5 nitrogen and oxygen atoms in total. The zero-order valence-corrected chi connectivity index (χ0v) is 6.86. The monoisotopic (exact) mass is 175 g/mol. The van der Waals surface area contributed by atoms with Crippen molar-refractivity contribution in [3.63, 3.8) is 0 Å². The van der Waals surface area contributed by atoms with Gasteiger partial charge in [-0.3, -0.25) is 9.59 Å². The van der Waals surface area contributed by atoms with Crippen LogP contribution in [-0.2, 0) is 9.59 Å². The van der Waals surface area contributed by atoms with Gasteiger partial charge in [0.15, 0.2) is 0 Å². The molecule has 0 aromatic heterocycles. The molecule has 0 amide bonds. The number of rotatable bonds is 5. The average molecular weight is 175 g/mol. The maximum absolute atomic E-state index is 10.5. The molecule has 0 heterocycles. The van der Waals surface area contributed by atoms with Crippen molar-refractivity contribution in [2.24, 2.45) is 11.7 Å². The second-order valence-electron chi connectivity index (χ2n) is 2.74. The highest BCUT2D eigenvalue weighted by molar-refractivity contribution is 5.72. The van der Waals surface area contributed by atoms with Crippen molar-refractivity contribution < 1.29 is 19.8 Å². The Labute approximate surface area is 70.2 Å².